The molecule has 1 rings (SSSR count). The number of nitro benzene ring substituents is 1. The Labute approximate surface area is 119 Å². The molecular formula is C14H23N3O3. The molecule has 112 valence electrons. The maximum atomic E-state index is 11.0. The van der Waals surface area contributed by atoms with Crippen molar-refractivity contribution in [3.63, 3.8) is 0 Å². The summed E-state index contributed by atoms with van der Waals surface area (Å²) in [5.74, 6) is 0.300. The SMILES string of the molecule is CCCOc1cc(NC(CN)CCC)ccc1[N+](=O)[O-]. The van der Waals surface area contributed by atoms with Crippen LogP contribution < -0.4 is 15.8 Å². The van der Waals surface area contributed by atoms with Crippen molar-refractivity contribution >= 4 is 11.4 Å². The Morgan fingerprint density at radius 3 is 2.70 bits per heavy atom. The van der Waals surface area contributed by atoms with Crippen LogP contribution in [-0.4, -0.2) is 24.1 Å². The largest absolute Gasteiger partial charge is 0.487 e. The molecule has 6 nitrogen and oxygen atoms in total. The van der Waals surface area contributed by atoms with Crippen LogP contribution in [0.15, 0.2) is 18.2 Å². The molecule has 0 heterocycles. The smallest absolute Gasteiger partial charge is 0.311 e. The van der Waals surface area contributed by atoms with E-state index < -0.39 is 4.92 Å². The number of hydrogen-bond donors (Lipinski definition) is 2. The van der Waals surface area contributed by atoms with Gasteiger partial charge >= 0.3 is 5.69 Å². The third kappa shape index (κ3) is 4.70. The molecule has 0 aliphatic rings. The van der Waals surface area contributed by atoms with Crippen molar-refractivity contribution in [2.45, 2.75) is 39.2 Å². The van der Waals surface area contributed by atoms with Gasteiger partial charge in [-0.1, -0.05) is 20.3 Å². The Morgan fingerprint density at radius 2 is 2.15 bits per heavy atom. The second kappa shape index (κ2) is 8.37. The fourth-order valence-electron chi connectivity index (χ4n) is 1.92. The van der Waals surface area contributed by atoms with Crippen LogP contribution in [0.5, 0.6) is 5.75 Å². The Hall–Kier alpha value is -1.82. The Kier molecular flexibility index (Phi) is 6.79. The first-order valence-electron chi connectivity index (χ1n) is 7.00. The first-order valence-corrected chi connectivity index (χ1v) is 7.00. The van der Waals surface area contributed by atoms with Crippen LogP contribution in [0.2, 0.25) is 0 Å². The molecule has 6 heteroatoms. The number of rotatable bonds is 9. The molecule has 1 aromatic carbocycles. The van der Waals surface area contributed by atoms with E-state index in [1.54, 1.807) is 12.1 Å². The van der Waals surface area contributed by atoms with Crippen LogP contribution in [0.3, 0.4) is 0 Å². The molecule has 1 unspecified atom stereocenters. The average molecular weight is 281 g/mol. The molecule has 0 aromatic heterocycles. The molecule has 0 saturated carbocycles. The summed E-state index contributed by atoms with van der Waals surface area (Å²) >= 11 is 0. The highest BCUT2D eigenvalue weighted by Crippen LogP contribution is 2.30. The Balaban J connectivity index is 2.90. The van der Waals surface area contributed by atoms with E-state index in [4.69, 9.17) is 10.5 Å². The fraction of sp³-hybridized carbons (Fsp3) is 0.571. The molecule has 3 N–H and O–H groups in total. The van der Waals surface area contributed by atoms with E-state index in [1.165, 1.54) is 6.07 Å². The molecule has 0 fully saturated rings. The summed E-state index contributed by atoms with van der Waals surface area (Å²) in [7, 11) is 0. The number of benzene rings is 1. The maximum Gasteiger partial charge on any atom is 0.311 e. The standard InChI is InChI=1S/C14H23N3O3/c1-3-5-12(10-15)16-11-6-7-13(17(18)19)14(9-11)20-8-4-2/h6-7,9,12,16H,3-5,8,10,15H2,1-2H3. The Morgan fingerprint density at radius 1 is 1.40 bits per heavy atom. The molecule has 0 saturated heterocycles. The van der Waals surface area contributed by atoms with Crippen LogP contribution in [-0.2, 0) is 0 Å². The van der Waals surface area contributed by atoms with Crippen LogP contribution in [0.4, 0.5) is 11.4 Å². The highest BCUT2D eigenvalue weighted by atomic mass is 16.6. The zero-order valence-corrected chi connectivity index (χ0v) is 12.1. The minimum atomic E-state index is -0.429. The van der Waals surface area contributed by atoms with Gasteiger partial charge in [0.1, 0.15) is 0 Å². The topological polar surface area (TPSA) is 90.4 Å². The fourth-order valence-corrected chi connectivity index (χ4v) is 1.92. The highest BCUT2D eigenvalue weighted by molar-refractivity contribution is 5.58. The lowest BCUT2D eigenvalue weighted by molar-refractivity contribution is -0.385. The van der Waals surface area contributed by atoms with Gasteiger partial charge in [-0.15, -0.1) is 0 Å². The van der Waals surface area contributed by atoms with E-state index in [-0.39, 0.29) is 11.7 Å². The summed E-state index contributed by atoms with van der Waals surface area (Å²) in [5, 5.41) is 14.2. The lowest BCUT2D eigenvalue weighted by Crippen LogP contribution is -2.28. The first-order chi connectivity index (χ1) is 9.62. The molecule has 0 aliphatic carbocycles. The summed E-state index contributed by atoms with van der Waals surface area (Å²) in [6.07, 6.45) is 2.79. The van der Waals surface area contributed by atoms with Gasteiger partial charge in [0.2, 0.25) is 0 Å². The molecule has 1 atom stereocenters. The normalized spacial score (nSPS) is 11.9. The molecule has 20 heavy (non-hydrogen) atoms. The molecule has 0 aliphatic heterocycles. The number of anilines is 1. The molecule has 0 radical (unpaired) electrons. The monoisotopic (exact) mass is 281 g/mol. The molecule has 0 spiro atoms. The molecular weight excluding hydrogens is 258 g/mol. The summed E-state index contributed by atoms with van der Waals surface area (Å²) in [4.78, 5) is 10.5. The van der Waals surface area contributed by atoms with Gasteiger partial charge in [-0.3, -0.25) is 10.1 Å². The summed E-state index contributed by atoms with van der Waals surface area (Å²) in [6.45, 7) is 5.03. The number of nitrogens with one attached hydrogen (secondary N) is 1. The van der Waals surface area contributed by atoms with Gasteiger partial charge in [-0.2, -0.15) is 0 Å². The van der Waals surface area contributed by atoms with Crippen molar-refractivity contribution < 1.29 is 9.66 Å². The van der Waals surface area contributed by atoms with Crippen LogP contribution in [0, 0.1) is 10.1 Å². The Bertz CT molecular complexity index is 438. The lowest BCUT2D eigenvalue weighted by atomic mass is 10.1. The molecule has 0 bridgehead atoms. The predicted molar refractivity (Wildman–Crippen MR) is 80.3 cm³/mol. The van der Waals surface area contributed by atoms with Crippen molar-refractivity contribution in [2.75, 3.05) is 18.5 Å². The van der Waals surface area contributed by atoms with Gasteiger partial charge in [-0.25, -0.2) is 0 Å². The second-order valence-corrected chi connectivity index (χ2v) is 4.65. The number of nitro groups is 1. The number of ether oxygens (including phenoxy) is 1. The third-order valence-corrected chi connectivity index (χ3v) is 2.91. The first kappa shape index (κ1) is 16.2. The van der Waals surface area contributed by atoms with Crippen molar-refractivity contribution in [3.05, 3.63) is 28.3 Å². The summed E-state index contributed by atoms with van der Waals surface area (Å²) in [6, 6.07) is 4.99. The zero-order chi connectivity index (χ0) is 15.0. The van der Waals surface area contributed by atoms with Crippen molar-refractivity contribution in [1.29, 1.82) is 0 Å². The van der Waals surface area contributed by atoms with Crippen molar-refractivity contribution in [3.8, 4) is 5.75 Å². The van der Waals surface area contributed by atoms with E-state index in [0.717, 1.165) is 24.9 Å². The van der Waals surface area contributed by atoms with Crippen LogP contribution in [0.1, 0.15) is 33.1 Å². The second-order valence-electron chi connectivity index (χ2n) is 4.65. The van der Waals surface area contributed by atoms with Gasteiger partial charge in [0.25, 0.3) is 0 Å². The summed E-state index contributed by atoms with van der Waals surface area (Å²) in [5.41, 5.74) is 6.49. The van der Waals surface area contributed by atoms with Crippen LogP contribution >= 0.6 is 0 Å². The van der Waals surface area contributed by atoms with Crippen molar-refractivity contribution in [2.24, 2.45) is 5.73 Å². The highest BCUT2D eigenvalue weighted by Gasteiger charge is 2.16. The van der Waals surface area contributed by atoms with E-state index in [9.17, 15) is 10.1 Å². The van der Waals surface area contributed by atoms with Gasteiger partial charge in [0.15, 0.2) is 5.75 Å². The maximum absolute atomic E-state index is 11.0. The van der Waals surface area contributed by atoms with E-state index >= 15 is 0 Å². The van der Waals surface area contributed by atoms with Gasteiger partial charge in [0.05, 0.1) is 11.5 Å². The van der Waals surface area contributed by atoms with E-state index in [2.05, 4.69) is 12.2 Å². The van der Waals surface area contributed by atoms with Gasteiger partial charge in [0, 0.05) is 30.4 Å². The van der Waals surface area contributed by atoms with Gasteiger partial charge in [-0.05, 0) is 18.9 Å². The number of nitrogens with zero attached hydrogens (tertiary/aromatic N) is 1. The average Bonchev–Trinajstić information content (AvgIpc) is 2.44. The molecule has 1 aromatic rings. The predicted octanol–water partition coefficient (Wildman–Crippen LogP) is 2.92. The zero-order valence-electron chi connectivity index (χ0n) is 12.1. The lowest BCUT2D eigenvalue weighted by Gasteiger charge is -2.18. The summed E-state index contributed by atoms with van der Waals surface area (Å²) < 4.78 is 5.45. The van der Waals surface area contributed by atoms with Gasteiger partial charge < -0.3 is 15.8 Å². The number of hydrogen-bond acceptors (Lipinski definition) is 5. The van der Waals surface area contributed by atoms with Crippen molar-refractivity contribution in [1.82, 2.24) is 0 Å². The third-order valence-electron chi connectivity index (χ3n) is 2.91. The molecule has 0 amide bonds. The van der Waals surface area contributed by atoms with Crippen LogP contribution in [0.25, 0.3) is 0 Å². The quantitative estimate of drug-likeness (QED) is 0.536. The van der Waals surface area contributed by atoms with E-state index in [0.29, 0.717) is 18.9 Å². The minimum Gasteiger partial charge on any atom is -0.487 e. The van der Waals surface area contributed by atoms with E-state index in [1.807, 2.05) is 6.92 Å². The minimum absolute atomic E-state index is 0.0104. The number of nitrogens with two attached hydrogens (primary N) is 1.